The molecular formula is C21H18ClNO5. The van der Waals surface area contributed by atoms with Crippen molar-refractivity contribution in [3.05, 3.63) is 74.6 Å². The zero-order chi connectivity index (χ0) is 20.4. The summed E-state index contributed by atoms with van der Waals surface area (Å²) in [5, 5.41) is 3.55. The van der Waals surface area contributed by atoms with E-state index in [1.807, 2.05) is 6.92 Å². The fourth-order valence-corrected chi connectivity index (χ4v) is 2.79. The highest BCUT2D eigenvalue weighted by atomic mass is 35.5. The maximum atomic E-state index is 12.3. The van der Waals surface area contributed by atoms with Crippen LogP contribution in [0.2, 0.25) is 5.02 Å². The third-order valence-electron chi connectivity index (χ3n) is 4.26. The minimum Gasteiger partial charge on any atom is -0.449 e. The zero-order valence-corrected chi connectivity index (χ0v) is 16.3. The van der Waals surface area contributed by atoms with Gasteiger partial charge in [0, 0.05) is 16.8 Å². The molecule has 6 nitrogen and oxygen atoms in total. The summed E-state index contributed by atoms with van der Waals surface area (Å²) in [5.74, 6) is -1.69. The maximum Gasteiger partial charge on any atom is 0.375 e. The Hall–Kier alpha value is -3.12. The van der Waals surface area contributed by atoms with Crippen molar-refractivity contribution in [2.45, 2.75) is 26.9 Å². The second-order valence-corrected chi connectivity index (χ2v) is 6.83. The van der Waals surface area contributed by atoms with E-state index in [-0.39, 0.29) is 16.8 Å². The Bertz CT molecular complexity index is 1140. The largest absolute Gasteiger partial charge is 0.449 e. The molecule has 144 valence electrons. The number of carbonyl (C=O) groups is 2. The molecule has 3 aromatic rings. The number of aryl methyl sites for hydroxylation is 1. The van der Waals surface area contributed by atoms with E-state index < -0.39 is 18.0 Å². The molecule has 0 unspecified atom stereocenters. The van der Waals surface area contributed by atoms with Crippen LogP contribution in [0.1, 0.15) is 28.6 Å². The number of anilines is 1. The molecule has 0 aliphatic heterocycles. The van der Waals surface area contributed by atoms with E-state index in [9.17, 15) is 14.4 Å². The first-order chi connectivity index (χ1) is 13.3. The second-order valence-electron chi connectivity index (χ2n) is 6.42. The predicted molar refractivity (Wildman–Crippen MR) is 107 cm³/mol. The number of rotatable bonds is 4. The van der Waals surface area contributed by atoms with E-state index in [4.69, 9.17) is 20.8 Å². The highest BCUT2D eigenvalue weighted by Gasteiger charge is 2.22. The van der Waals surface area contributed by atoms with Gasteiger partial charge in [0.15, 0.2) is 11.5 Å². The van der Waals surface area contributed by atoms with Crippen molar-refractivity contribution in [3.63, 3.8) is 0 Å². The summed E-state index contributed by atoms with van der Waals surface area (Å²) in [4.78, 5) is 36.9. The summed E-state index contributed by atoms with van der Waals surface area (Å²) in [6.45, 7) is 5.04. The molecule has 0 bridgehead atoms. The molecule has 1 heterocycles. The van der Waals surface area contributed by atoms with Gasteiger partial charge in [0.05, 0.1) is 5.39 Å². The van der Waals surface area contributed by atoms with E-state index in [0.717, 1.165) is 11.6 Å². The van der Waals surface area contributed by atoms with Gasteiger partial charge in [-0.1, -0.05) is 29.3 Å². The van der Waals surface area contributed by atoms with Crippen molar-refractivity contribution in [3.8, 4) is 0 Å². The molecule has 28 heavy (non-hydrogen) atoms. The van der Waals surface area contributed by atoms with Gasteiger partial charge in [0.25, 0.3) is 5.91 Å². The summed E-state index contributed by atoms with van der Waals surface area (Å²) < 4.78 is 10.6. The van der Waals surface area contributed by atoms with Crippen LogP contribution < -0.4 is 10.7 Å². The first-order valence-corrected chi connectivity index (χ1v) is 8.95. The third-order valence-corrected chi connectivity index (χ3v) is 4.67. The van der Waals surface area contributed by atoms with Gasteiger partial charge in [-0.2, -0.15) is 0 Å². The minimum absolute atomic E-state index is 0.264. The van der Waals surface area contributed by atoms with E-state index in [0.29, 0.717) is 21.7 Å². The normalized spacial score (nSPS) is 11.9. The molecule has 7 heteroatoms. The van der Waals surface area contributed by atoms with Crippen LogP contribution in [0.25, 0.3) is 11.0 Å². The first-order valence-electron chi connectivity index (χ1n) is 8.57. The van der Waals surface area contributed by atoms with Gasteiger partial charge in [-0.15, -0.1) is 0 Å². The molecule has 0 saturated heterocycles. The van der Waals surface area contributed by atoms with Crippen molar-refractivity contribution in [1.82, 2.24) is 0 Å². The van der Waals surface area contributed by atoms with Crippen molar-refractivity contribution < 1.29 is 18.7 Å². The van der Waals surface area contributed by atoms with Crippen molar-refractivity contribution >= 4 is 40.1 Å². The lowest BCUT2D eigenvalue weighted by atomic mass is 10.1. The van der Waals surface area contributed by atoms with Gasteiger partial charge in [0.2, 0.25) is 5.76 Å². The molecule has 1 N–H and O–H groups in total. The molecule has 1 atom stereocenters. The lowest BCUT2D eigenvalue weighted by Crippen LogP contribution is -2.30. The number of fused-ring (bicyclic) bond motifs is 1. The summed E-state index contributed by atoms with van der Waals surface area (Å²) in [6.07, 6.45) is -1.11. The summed E-state index contributed by atoms with van der Waals surface area (Å²) in [5.41, 5.74) is 2.04. The van der Waals surface area contributed by atoms with Crippen molar-refractivity contribution in [1.29, 1.82) is 0 Å². The van der Waals surface area contributed by atoms with Crippen molar-refractivity contribution in [2.75, 3.05) is 5.32 Å². The Balaban J connectivity index is 1.76. The van der Waals surface area contributed by atoms with Gasteiger partial charge in [-0.05, 0) is 50.6 Å². The van der Waals surface area contributed by atoms with E-state index in [2.05, 4.69) is 5.32 Å². The van der Waals surface area contributed by atoms with Gasteiger partial charge >= 0.3 is 5.97 Å². The minimum atomic E-state index is -1.11. The van der Waals surface area contributed by atoms with Crippen molar-refractivity contribution in [2.24, 2.45) is 0 Å². The van der Waals surface area contributed by atoms with Crippen LogP contribution in [-0.2, 0) is 9.53 Å². The molecule has 0 aliphatic carbocycles. The molecule has 0 radical (unpaired) electrons. The molecule has 1 aromatic heterocycles. The van der Waals surface area contributed by atoms with Gasteiger partial charge in [0.1, 0.15) is 5.58 Å². The molecular weight excluding hydrogens is 382 g/mol. The fraction of sp³-hybridized carbons (Fsp3) is 0.190. The third kappa shape index (κ3) is 4.07. The molecule has 3 rings (SSSR count). The number of hydrogen-bond acceptors (Lipinski definition) is 5. The highest BCUT2D eigenvalue weighted by Crippen LogP contribution is 2.23. The molecule has 2 aromatic carbocycles. The average molecular weight is 400 g/mol. The lowest BCUT2D eigenvalue weighted by molar-refractivity contribution is -0.123. The molecule has 0 fully saturated rings. The lowest BCUT2D eigenvalue weighted by Gasteiger charge is -2.15. The summed E-state index contributed by atoms with van der Waals surface area (Å²) >= 11 is 6.03. The Morgan fingerprint density at radius 1 is 1.14 bits per heavy atom. The number of carbonyl (C=O) groups excluding carboxylic acids is 2. The SMILES string of the molecule is Cc1ccc2oc(C(=O)O[C@H](C)C(=O)Nc3cccc(Cl)c3C)cc(=O)c2c1. The van der Waals surface area contributed by atoms with Crippen LogP contribution in [0, 0.1) is 13.8 Å². The first kappa shape index (κ1) is 19.6. The van der Waals surface area contributed by atoms with Crippen LogP contribution in [-0.4, -0.2) is 18.0 Å². The van der Waals surface area contributed by atoms with Gasteiger partial charge in [-0.25, -0.2) is 4.79 Å². The smallest absolute Gasteiger partial charge is 0.375 e. The van der Waals surface area contributed by atoms with E-state index >= 15 is 0 Å². The number of ether oxygens (including phenoxy) is 1. The van der Waals surface area contributed by atoms with Crippen LogP contribution in [0.4, 0.5) is 5.69 Å². The van der Waals surface area contributed by atoms with Crippen LogP contribution in [0.15, 0.2) is 51.7 Å². The van der Waals surface area contributed by atoms with Crippen LogP contribution >= 0.6 is 11.6 Å². The van der Waals surface area contributed by atoms with Gasteiger partial charge < -0.3 is 14.5 Å². The Labute approximate surface area is 166 Å². The fourth-order valence-electron chi connectivity index (χ4n) is 2.62. The number of hydrogen-bond donors (Lipinski definition) is 1. The molecule has 0 spiro atoms. The predicted octanol–water partition coefficient (Wildman–Crippen LogP) is 4.25. The quantitative estimate of drug-likeness (QED) is 0.663. The summed E-state index contributed by atoms with van der Waals surface area (Å²) in [7, 11) is 0. The molecule has 1 amide bonds. The Morgan fingerprint density at radius 2 is 1.89 bits per heavy atom. The molecule has 0 saturated carbocycles. The highest BCUT2D eigenvalue weighted by molar-refractivity contribution is 6.31. The van der Waals surface area contributed by atoms with Crippen LogP contribution in [0.3, 0.4) is 0 Å². The number of nitrogens with one attached hydrogen (secondary N) is 1. The standard InChI is InChI=1S/C21H18ClNO5/c1-11-7-8-18-14(9-11)17(24)10-19(28-18)21(26)27-13(3)20(25)23-16-6-4-5-15(22)12(16)2/h4-10,13H,1-3H3,(H,23,25)/t13-/m1/s1. The monoisotopic (exact) mass is 399 g/mol. The number of halogens is 1. The Kier molecular flexibility index (Phi) is 5.51. The number of amides is 1. The number of esters is 1. The summed E-state index contributed by atoms with van der Waals surface area (Å²) in [6, 6.07) is 11.2. The Morgan fingerprint density at radius 3 is 2.64 bits per heavy atom. The maximum absolute atomic E-state index is 12.3. The second kappa shape index (κ2) is 7.86. The van der Waals surface area contributed by atoms with Crippen LogP contribution in [0.5, 0.6) is 0 Å². The zero-order valence-electron chi connectivity index (χ0n) is 15.5. The average Bonchev–Trinajstić information content (AvgIpc) is 2.65. The van der Waals surface area contributed by atoms with E-state index in [1.165, 1.54) is 6.92 Å². The topological polar surface area (TPSA) is 85.6 Å². The molecule has 0 aliphatic rings. The van der Waals surface area contributed by atoms with E-state index in [1.54, 1.807) is 43.3 Å². The van der Waals surface area contributed by atoms with Gasteiger partial charge in [-0.3, -0.25) is 9.59 Å². The number of benzene rings is 2.